The molecule has 0 saturated carbocycles. The first-order chi connectivity index (χ1) is 30.1. The normalized spacial score (nSPS) is 14.4. The molecule has 0 aliphatic heterocycles. The van der Waals surface area contributed by atoms with Crippen molar-refractivity contribution in [2.45, 2.75) is 193 Å². The van der Waals surface area contributed by atoms with Crippen molar-refractivity contribution >= 4 is 13.8 Å². The minimum atomic E-state index is -4.54. The van der Waals surface area contributed by atoms with Crippen LogP contribution in [-0.2, 0) is 27.9 Å². The van der Waals surface area contributed by atoms with Gasteiger partial charge in [0.2, 0.25) is 0 Å². The van der Waals surface area contributed by atoms with E-state index in [-0.39, 0.29) is 25.8 Å². The van der Waals surface area contributed by atoms with Gasteiger partial charge in [-0.05, 0) is 70.6 Å². The van der Waals surface area contributed by atoms with Crippen LogP contribution in [0.1, 0.15) is 187 Å². The molecule has 0 aromatic carbocycles. The molecule has 62 heavy (non-hydrogen) atoms. The summed E-state index contributed by atoms with van der Waals surface area (Å²) in [4.78, 5) is 25.1. The molecule has 9 heteroatoms. The zero-order chi connectivity index (χ0) is 45.5. The summed E-state index contributed by atoms with van der Waals surface area (Å²) in [5, 5.41) is 0. The van der Waals surface area contributed by atoms with Crippen LogP contribution < -0.4 is 4.89 Å². The molecule has 0 N–H and O–H groups in total. The number of likely N-dealkylation sites (N-methyl/N-ethyl adjacent to an activating group) is 1. The lowest BCUT2D eigenvalue weighted by molar-refractivity contribution is -0.870. The molecule has 2 atom stereocenters. The van der Waals surface area contributed by atoms with Gasteiger partial charge in [0.15, 0.2) is 0 Å². The third kappa shape index (κ3) is 48.7. The smallest absolute Gasteiger partial charge is 0.306 e. The van der Waals surface area contributed by atoms with Crippen LogP contribution >= 0.6 is 7.82 Å². The first kappa shape index (κ1) is 59.7. The van der Waals surface area contributed by atoms with Gasteiger partial charge in [0, 0.05) is 13.0 Å². The fourth-order valence-corrected chi connectivity index (χ4v) is 7.14. The number of quaternary nitrogens is 1. The SMILES string of the molecule is CC/C=C\C/C=C\C/C=C\C/C=C\C/C=C\C/C=C\C/C=C\CCCCOCC(COP(=O)([O-])OCC[N+](C)(C)C)OC(=O)CCCCCCCCCCCCCCCCCC. The van der Waals surface area contributed by atoms with Gasteiger partial charge in [0.1, 0.15) is 19.3 Å². The van der Waals surface area contributed by atoms with E-state index in [1.807, 2.05) is 21.1 Å². The van der Waals surface area contributed by atoms with E-state index in [1.165, 1.54) is 83.5 Å². The highest BCUT2D eigenvalue weighted by molar-refractivity contribution is 7.45. The molecule has 0 spiro atoms. The maximum atomic E-state index is 12.7. The van der Waals surface area contributed by atoms with Gasteiger partial charge in [-0.25, -0.2) is 0 Å². The fourth-order valence-electron chi connectivity index (χ4n) is 6.41. The molecule has 0 radical (unpaired) electrons. The topological polar surface area (TPSA) is 94.1 Å². The minimum Gasteiger partial charge on any atom is -0.756 e. The first-order valence-corrected chi connectivity index (χ1v) is 26.3. The molecule has 0 aliphatic rings. The van der Waals surface area contributed by atoms with E-state index in [1.54, 1.807) is 0 Å². The van der Waals surface area contributed by atoms with Crippen molar-refractivity contribution in [2.24, 2.45) is 0 Å². The van der Waals surface area contributed by atoms with Gasteiger partial charge < -0.3 is 27.9 Å². The third-order valence-corrected chi connectivity index (χ3v) is 11.2. The van der Waals surface area contributed by atoms with Gasteiger partial charge in [-0.15, -0.1) is 0 Å². The van der Waals surface area contributed by atoms with Crippen molar-refractivity contribution in [1.82, 2.24) is 0 Å². The number of hydrogen-bond donors (Lipinski definition) is 0. The number of unbranched alkanes of at least 4 members (excludes halogenated alkanes) is 17. The van der Waals surface area contributed by atoms with Crippen molar-refractivity contribution in [3.63, 3.8) is 0 Å². The highest BCUT2D eigenvalue weighted by Crippen LogP contribution is 2.38. The van der Waals surface area contributed by atoms with Crippen LogP contribution in [0, 0.1) is 0 Å². The summed E-state index contributed by atoms with van der Waals surface area (Å²) in [7, 11) is 1.32. The molecule has 0 aromatic heterocycles. The molecule has 0 aromatic rings. The Labute approximate surface area is 382 Å². The quantitative estimate of drug-likeness (QED) is 0.0198. The molecule has 0 bridgehead atoms. The number of nitrogens with zero attached hydrogens (tertiary/aromatic N) is 1. The van der Waals surface area contributed by atoms with E-state index in [0.29, 0.717) is 24.1 Å². The monoisotopic (exact) mass is 888 g/mol. The van der Waals surface area contributed by atoms with Crippen LogP contribution in [0.3, 0.4) is 0 Å². The van der Waals surface area contributed by atoms with Gasteiger partial charge >= 0.3 is 5.97 Å². The Morgan fingerprint density at radius 2 is 0.935 bits per heavy atom. The van der Waals surface area contributed by atoms with E-state index in [0.717, 1.165) is 83.5 Å². The molecule has 358 valence electrons. The molecule has 0 fully saturated rings. The van der Waals surface area contributed by atoms with Gasteiger partial charge in [-0.3, -0.25) is 9.36 Å². The molecular formula is C53H94NO7P. The van der Waals surface area contributed by atoms with Crippen LogP contribution in [0.5, 0.6) is 0 Å². The average Bonchev–Trinajstić information content (AvgIpc) is 3.23. The van der Waals surface area contributed by atoms with Crippen LogP contribution in [0.25, 0.3) is 0 Å². The zero-order valence-corrected chi connectivity index (χ0v) is 41.4. The van der Waals surface area contributed by atoms with E-state index in [9.17, 15) is 14.3 Å². The molecule has 0 aliphatic carbocycles. The Bertz CT molecular complexity index is 1260. The zero-order valence-electron chi connectivity index (χ0n) is 40.5. The van der Waals surface area contributed by atoms with Gasteiger partial charge in [-0.2, -0.15) is 0 Å². The summed E-state index contributed by atoms with van der Waals surface area (Å²) in [5.74, 6) is -0.351. The van der Waals surface area contributed by atoms with E-state index >= 15 is 0 Å². The number of phosphoric acid groups is 1. The van der Waals surface area contributed by atoms with Crippen LogP contribution in [-0.4, -0.2) is 70.7 Å². The van der Waals surface area contributed by atoms with E-state index in [2.05, 4.69) is 98.9 Å². The number of ether oxygens (including phenoxy) is 2. The molecule has 0 heterocycles. The largest absolute Gasteiger partial charge is 0.756 e. The average molecular weight is 888 g/mol. The van der Waals surface area contributed by atoms with Crippen molar-refractivity contribution in [3.8, 4) is 0 Å². The molecule has 8 nitrogen and oxygen atoms in total. The summed E-state index contributed by atoms with van der Waals surface area (Å²) >= 11 is 0. The van der Waals surface area contributed by atoms with Crippen molar-refractivity contribution < 1.29 is 37.3 Å². The summed E-state index contributed by atoms with van der Waals surface area (Å²) in [5.41, 5.74) is 0. The Kier molecular flexibility index (Phi) is 43.6. The second-order valence-electron chi connectivity index (χ2n) is 17.4. The molecule has 2 unspecified atom stereocenters. The number of allylic oxidation sites excluding steroid dienone is 14. The molecule has 0 rings (SSSR count). The number of rotatable bonds is 45. The van der Waals surface area contributed by atoms with Gasteiger partial charge in [-0.1, -0.05) is 195 Å². The standard InChI is InChI=1S/C53H94NO7P/c1-6-8-10-12-14-16-18-20-22-24-25-26-27-28-29-30-31-33-35-37-39-41-43-45-48-58-50-52(51-60-62(56,57)59-49-47-54(3,4)5)61-53(55)46-44-42-40-38-36-34-32-23-21-19-17-15-13-11-9-7-2/h8,10,14,16,20,22,25-26,28-29,31,33,37,39,52H,6-7,9,11-13,15,17-19,21,23-24,27,30,32,34-36,38,40-51H2,1-5H3/b10-8-,16-14-,22-20-,26-25-,29-28-,33-31-,39-37-. The van der Waals surface area contributed by atoms with E-state index in [4.69, 9.17) is 18.5 Å². The molecule has 0 saturated heterocycles. The van der Waals surface area contributed by atoms with Crippen LogP contribution in [0.4, 0.5) is 0 Å². The molecule has 0 amide bonds. The summed E-state index contributed by atoms with van der Waals surface area (Å²) in [6.45, 7) is 5.18. The lowest BCUT2D eigenvalue weighted by atomic mass is 10.0. The summed E-state index contributed by atoms with van der Waals surface area (Å²) in [6.07, 6.45) is 60.4. The molecular weight excluding hydrogens is 794 g/mol. The summed E-state index contributed by atoms with van der Waals surface area (Å²) < 4.78 is 34.6. The first-order valence-electron chi connectivity index (χ1n) is 24.8. The summed E-state index contributed by atoms with van der Waals surface area (Å²) in [6, 6.07) is 0. The lowest BCUT2D eigenvalue weighted by Gasteiger charge is -2.28. The van der Waals surface area contributed by atoms with Crippen LogP contribution in [0.2, 0.25) is 0 Å². The maximum Gasteiger partial charge on any atom is 0.306 e. The van der Waals surface area contributed by atoms with Gasteiger partial charge in [0.05, 0.1) is 34.4 Å². The Balaban J connectivity index is 4.27. The Hall–Kier alpha value is -2.32. The fraction of sp³-hybridized carbons (Fsp3) is 0.717. The third-order valence-electron chi connectivity index (χ3n) is 10.2. The maximum absolute atomic E-state index is 12.7. The number of esters is 1. The predicted molar refractivity (Wildman–Crippen MR) is 263 cm³/mol. The second-order valence-corrected chi connectivity index (χ2v) is 18.9. The van der Waals surface area contributed by atoms with E-state index < -0.39 is 13.9 Å². The predicted octanol–water partition coefficient (Wildman–Crippen LogP) is 14.6. The van der Waals surface area contributed by atoms with Crippen molar-refractivity contribution in [2.75, 3.05) is 54.1 Å². The Morgan fingerprint density at radius 1 is 0.516 bits per heavy atom. The Morgan fingerprint density at radius 3 is 1.37 bits per heavy atom. The number of carbonyl (C=O) groups excluding carboxylic acids is 1. The second kappa shape index (κ2) is 45.3. The van der Waals surface area contributed by atoms with Crippen molar-refractivity contribution in [1.29, 1.82) is 0 Å². The lowest BCUT2D eigenvalue weighted by Crippen LogP contribution is -2.37. The van der Waals surface area contributed by atoms with Crippen molar-refractivity contribution in [3.05, 3.63) is 85.1 Å². The number of carbonyl (C=O) groups is 1. The highest BCUT2D eigenvalue weighted by Gasteiger charge is 2.20. The number of phosphoric ester groups is 1. The highest BCUT2D eigenvalue weighted by atomic mass is 31.2. The van der Waals surface area contributed by atoms with Gasteiger partial charge in [0.25, 0.3) is 7.82 Å². The minimum absolute atomic E-state index is 0.0142. The van der Waals surface area contributed by atoms with Crippen LogP contribution in [0.15, 0.2) is 85.1 Å². The number of hydrogen-bond acceptors (Lipinski definition) is 7.